The van der Waals surface area contributed by atoms with Crippen molar-refractivity contribution in [1.82, 2.24) is 0 Å². The zero-order valence-corrected chi connectivity index (χ0v) is 8.21. The normalized spacial score (nSPS) is 27.8. The molecule has 5 heteroatoms. The second-order valence-corrected chi connectivity index (χ2v) is 4.08. The van der Waals surface area contributed by atoms with Gasteiger partial charge in [-0.25, -0.2) is 0 Å². The summed E-state index contributed by atoms with van der Waals surface area (Å²) < 4.78 is 41.9. The third kappa shape index (κ3) is 2.02. The SMILES string of the molecule is CC1CC1c1ccc(C(N)C(F)(F)F)o1. The maximum atomic E-state index is 12.3. The minimum atomic E-state index is -4.44. The number of hydrogen-bond donors (Lipinski definition) is 1. The minimum absolute atomic E-state index is 0.198. The molecule has 15 heavy (non-hydrogen) atoms. The first-order chi connectivity index (χ1) is 6.89. The molecule has 2 rings (SSSR count). The fraction of sp³-hybridized carbons (Fsp3) is 0.600. The van der Waals surface area contributed by atoms with Gasteiger partial charge in [-0.15, -0.1) is 0 Å². The Labute approximate surface area is 85.2 Å². The third-order valence-corrected chi connectivity index (χ3v) is 2.78. The van der Waals surface area contributed by atoms with E-state index in [1.807, 2.05) is 6.92 Å². The van der Waals surface area contributed by atoms with Gasteiger partial charge in [-0.2, -0.15) is 13.2 Å². The maximum absolute atomic E-state index is 12.3. The molecule has 3 unspecified atom stereocenters. The molecule has 2 nitrogen and oxygen atoms in total. The lowest BCUT2D eigenvalue weighted by Crippen LogP contribution is -2.27. The van der Waals surface area contributed by atoms with Crippen LogP contribution in [0.15, 0.2) is 16.5 Å². The van der Waals surface area contributed by atoms with Crippen molar-refractivity contribution in [3.8, 4) is 0 Å². The summed E-state index contributed by atoms with van der Waals surface area (Å²) in [6, 6.07) is 0.897. The molecule has 3 atom stereocenters. The predicted octanol–water partition coefficient (Wildman–Crippen LogP) is 2.97. The summed E-state index contributed by atoms with van der Waals surface area (Å²) in [4.78, 5) is 0. The van der Waals surface area contributed by atoms with E-state index in [0.717, 1.165) is 6.42 Å². The van der Waals surface area contributed by atoms with Crippen LogP contribution in [0.3, 0.4) is 0 Å². The molecule has 0 aromatic carbocycles. The summed E-state index contributed by atoms with van der Waals surface area (Å²) in [5.41, 5.74) is 5.02. The Morgan fingerprint density at radius 2 is 2.07 bits per heavy atom. The Kier molecular flexibility index (Phi) is 2.30. The second-order valence-electron chi connectivity index (χ2n) is 4.08. The quantitative estimate of drug-likeness (QED) is 0.830. The molecule has 1 aliphatic carbocycles. The van der Waals surface area contributed by atoms with Gasteiger partial charge in [-0.1, -0.05) is 6.92 Å². The van der Waals surface area contributed by atoms with Crippen LogP contribution in [0.5, 0.6) is 0 Å². The average Bonchev–Trinajstić information content (AvgIpc) is 2.67. The van der Waals surface area contributed by atoms with Crippen molar-refractivity contribution >= 4 is 0 Å². The molecule has 0 aliphatic heterocycles. The van der Waals surface area contributed by atoms with E-state index in [0.29, 0.717) is 11.7 Å². The summed E-state index contributed by atoms with van der Waals surface area (Å²) in [6.07, 6.45) is -3.46. The summed E-state index contributed by atoms with van der Waals surface area (Å²) in [5.74, 6) is 1.21. The smallest absolute Gasteiger partial charge is 0.410 e. The van der Waals surface area contributed by atoms with Gasteiger partial charge < -0.3 is 10.2 Å². The number of nitrogens with two attached hydrogens (primary N) is 1. The van der Waals surface area contributed by atoms with Gasteiger partial charge in [-0.3, -0.25) is 0 Å². The number of halogens is 3. The Hall–Kier alpha value is -0.970. The van der Waals surface area contributed by atoms with E-state index in [2.05, 4.69) is 0 Å². The third-order valence-electron chi connectivity index (χ3n) is 2.78. The molecule has 1 aliphatic rings. The lowest BCUT2D eigenvalue weighted by molar-refractivity contribution is -0.152. The predicted molar refractivity (Wildman–Crippen MR) is 48.2 cm³/mol. The van der Waals surface area contributed by atoms with Gasteiger partial charge >= 0.3 is 6.18 Å². The summed E-state index contributed by atoms with van der Waals surface area (Å²) in [6.45, 7) is 2.04. The molecule has 0 bridgehead atoms. The van der Waals surface area contributed by atoms with E-state index < -0.39 is 12.2 Å². The van der Waals surface area contributed by atoms with E-state index in [4.69, 9.17) is 10.2 Å². The molecule has 1 aromatic rings. The molecule has 1 aromatic heterocycles. The van der Waals surface area contributed by atoms with Crippen molar-refractivity contribution in [3.05, 3.63) is 23.7 Å². The molecule has 0 spiro atoms. The van der Waals surface area contributed by atoms with Crippen molar-refractivity contribution < 1.29 is 17.6 Å². The topological polar surface area (TPSA) is 39.2 Å². The number of furan rings is 1. The Morgan fingerprint density at radius 1 is 1.47 bits per heavy atom. The summed E-state index contributed by atoms with van der Waals surface area (Å²) in [5, 5.41) is 0. The van der Waals surface area contributed by atoms with Gasteiger partial charge in [-0.05, 0) is 24.5 Å². The van der Waals surface area contributed by atoms with Crippen molar-refractivity contribution in [2.45, 2.75) is 31.5 Å². The van der Waals surface area contributed by atoms with E-state index in [1.165, 1.54) is 6.07 Å². The lowest BCUT2D eigenvalue weighted by atomic mass is 10.2. The van der Waals surface area contributed by atoms with Gasteiger partial charge in [0.15, 0.2) is 6.04 Å². The number of hydrogen-bond acceptors (Lipinski definition) is 2. The van der Waals surface area contributed by atoms with E-state index in [-0.39, 0.29) is 11.7 Å². The maximum Gasteiger partial charge on any atom is 0.410 e. The highest BCUT2D eigenvalue weighted by molar-refractivity contribution is 5.19. The van der Waals surface area contributed by atoms with Crippen LogP contribution in [0.4, 0.5) is 13.2 Å². The molecule has 1 fully saturated rings. The molecular formula is C10H12F3NO. The first kappa shape index (κ1) is 10.5. The van der Waals surface area contributed by atoms with Crippen LogP contribution < -0.4 is 5.73 Å². The van der Waals surface area contributed by atoms with Gasteiger partial charge in [0.2, 0.25) is 0 Å². The van der Waals surface area contributed by atoms with Crippen LogP contribution in [-0.2, 0) is 0 Å². The first-order valence-corrected chi connectivity index (χ1v) is 4.81. The Balaban J connectivity index is 2.13. The van der Waals surface area contributed by atoms with E-state index in [1.54, 1.807) is 6.07 Å². The van der Waals surface area contributed by atoms with Gasteiger partial charge in [0.05, 0.1) is 0 Å². The average molecular weight is 219 g/mol. The highest BCUT2D eigenvalue weighted by Crippen LogP contribution is 2.48. The minimum Gasteiger partial charge on any atom is -0.464 e. The van der Waals surface area contributed by atoms with E-state index in [9.17, 15) is 13.2 Å². The molecule has 1 heterocycles. The molecule has 1 saturated carbocycles. The van der Waals surface area contributed by atoms with Crippen LogP contribution in [-0.4, -0.2) is 6.18 Å². The fourth-order valence-corrected chi connectivity index (χ4v) is 1.61. The molecule has 2 N–H and O–H groups in total. The lowest BCUT2D eigenvalue weighted by Gasteiger charge is -2.12. The Bertz CT molecular complexity index is 358. The van der Waals surface area contributed by atoms with Crippen molar-refractivity contribution in [1.29, 1.82) is 0 Å². The van der Waals surface area contributed by atoms with Crippen molar-refractivity contribution in [2.24, 2.45) is 11.7 Å². The molecule has 0 radical (unpaired) electrons. The largest absolute Gasteiger partial charge is 0.464 e. The van der Waals surface area contributed by atoms with Crippen molar-refractivity contribution in [2.75, 3.05) is 0 Å². The van der Waals surface area contributed by atoms with E-state index >= 15 is 0 Å². The van der Waals surface area contributed by atoms with Crippen LogP contribution in [0, 0.1) is 5.92 Å². The standard InChI is InChI=1S/C10H12F3NO/c1-5-4-6(5)7-2-3-8(15-7)9(14)10(11,12)13/h2-3,5-6,9H,4,14H2,1H3. The zero-order valence-electron chi connectivity index (χ0n) is 8.21. The van der Waals surface area contributed by atoms with Crippen LogP contribution in [0.25, 0.3) is 0 Å². The summed E-state index contributed by atoms with van der Waals surface area (Å²) in [7, 11) is 0. The number of rotatable bonds is 2. The van der Waals surface area contributed by atoms with Gasteiger partial charge in [0.1, 0.15) is 11.5 Å². The zero-order chi connectivity index (χ0) is 11.2. The first-order valence-electron chi connectivity index (χ1n) is 4.81. The second kappa shape index (κ2) is 3.27. The Morgan fingerprint density at radius 3 is 2.53 bits per heavy atom. The summed E-state index contributed by atoms with van der Waals surface area (Å²) >= 11 is 0. The van der Waals surface area contributed by atoms with Gasteiger partial charge in [0.25, 0.3) is 0 Å². The van der Waals surface area contributed by atoms with Gasteiger partial charge in [0, 0.05) is 5.92 Å². The molecule has 0 saturated heterocycles. The highest BCUT2D eigenvalue weighted by atomic mass is 19.4. The number of alkyl halides is 3. The molecular weight excluding hydrogens is 207 g/mol. The molecule has 0 amide bonds. The van der Waals surface area contributed by atoms with Crippen molar-refractivity contribution in [3.63, 3.8) is 0 Å². The monoisotopic (exact) mass is 219 g/mol. The van der Waals surface area contributed by atoms with Crippen LogP contribution in [0.1, 0.15) is 36.8 Å². The van der Waals surface area contributed by atoms with Crippen LogP contribution in [0.2, 0.25) is 0 Å². The fourth-order valence-electron chi connectivity index (χ4n) is 1.61. The van der Waals surface area contributed by atoms with Crippen LogP contribution >= 0.6 is 0 Å². The highest BCUT2D eigenvalue weighted by Gasteiger charge is 2.42. The molecule has 84 valence electrons.